The zero-order chi connectivity index (χ0) is 22.8. The van der Waals surface area contributed by atoms with Crippen LogP contribution in [0, 0.1) is 6.92 Å². The molecule has 4 aromatic rings. The molecule has 0 bridgehead atoms. The summed E-state index contributed by atoms with van der Waals surface area (Å²) in [6.07, 6.45) is 9.58. The number of carbonyl (C=O) groups excluding carboxylic acids is 2. The number of nitrogens with one attached hydrogen (secondary N) is 1. The highest BCUT2D eigenvalue weighted by molar-refractivity contribution is 7.10. The Labute approximate surface area is 195 Å². The summed E-state index contributed by atoms with van der Waals surface area (Å²) >= 11 is 1.59. The summed E-state index contributed by atoms with van der Waals surface area (Å²) in [7, 11) is 0. The first-order valence-corrected chi connectivity index (χ1v) is 11.6. The van der Waals surface area contributed by atoms with E-state index in [1.807, 2.05) is 70.4 Å². The largest absolute Gasteiger partial charge is 0.348 e. The summed E-state index contributed by atoms with van der Waals surface area (Å²) in [5.41, 5.74) is 5.31. The standard InChI is InChI=1S/C25H23N5O2S/c1-17-21(14-27-24(31)8-7-19-5-4-12-33-19)20-9-11-30(15-18(20)13-26-17)25(32)22-16-29-10-3-2-6-23(29)28-22/h2-8,10,12-13,16H,9,11,14-15H2,1H3,(H,27,31). The van der Waals surface area contributed by atoms with E-state index in [0.717, 1.165) is 27.3 Å². The van der Waals surface area contributed by atoms with E-state index in [4.69, 9.17) is 0 Å². The second-order valence-corrected chi connectivity index (χ2v) is 8.94. The number of hydrogen-bond acceptors (Lipinski definition) is 5. The summed E-state index contributed by atoms with van der Waals surface area (Å²) in [6.45, 7) is 3.45. The van der Waals surface area contributed by atoms with Crippen molar-refractivity contribution in [3.05, 3.63) is 93.3 Å². The first kappa shape index (κ1) is 21.1. The van der Waals surface area contributed by atoms with Crippen molar-refractivity contribution in [3.63, 3.8) is 0 Å². The van der Waals surface area contributed by atoms with Crippen molar-refractivity contribution in [2.45, 2.75) is 26.4 Å². The van der Waals surface area contributed by atoms with Crippen LogP contribution < -0.4 is 5.32 Å². The average molecular weight is 458 g/mol. The van der Waals surface area contributed by atoms with Crippen molar-refractivity contribution in [2.24, 2.45) is 0 Å². The number of nitrogens with zero attached hydrogens (tertiary/aromatic N) is 4. The minimum Gasteiger partial charge on any atom is -0.348 e. The Kier molecular flexibility index (Phi) is 5.75. The minimum atomic E-state index is -0.139. The fourth-order valence-corrected chi connectivity index (χ4v) is 4.73. The van der Waals surface area contributed by atoms with Crippen LogP contribution >= 0.6 is 11.3 Å². The maximum atomic E-state index is 13.1. The molecule has 1 N–H and O–H groups in total. The van der Waals surface area contributed by atoms with E-state index in [1.165, 1.54) is 5.56 Å². The highest BCUT2D eigenvalue weighted by atomic mass is 32.1. The van der Waals surface area contributed by atoms with Crippen molar-refractivity contribution in [1.82, 2.24) is 24.6 Å². The Hall–Kier alpha value is -3.78. The van der Waals surface area contributed by atoms with E-state index in [0.29, 0.717) is 31.7 Å². The van der Waals surface area contributed by atoms with Crippen molar-refractivity contribution in [3.8, 4) is 0 Å². The van der Waals surface area contributed by atoms with Gasteiger partial charge in [-0.3, -0.25) is 14.6 Å². The molecule has 0 unspecified atom stereocenters. The van der Waals surface area contributed by atoms with Crippen LogP contribution in [-0.2, 0) is 24.3 Å². The van der Waals surface area contributed by atoms with Crippen molar-refractivity contribution in [1.29, 1.82) is 0 Å². The molecule has 2 amide bonds. The number of carbonyl (C=O) groups is 2. The maximum absolute atomic E-state index is 13.1. The van der Waals surface area contributed by atoms with Gasteiger partial charge in [-0.25, -0.2) is 4.98 Å². The summed E-state index contributed by atoms with van der Waals surface area (Å²) < 4.78 is 1.85. The number of thiophene rings is 1. The van der Waals surface area contributed by atoms with E-state index in [-0.39, 0.29) is 11.8 Å². The van der Waals surface area contributed by atoms with Gasteiger partial charge >= 0.3 is 0 Å². The van der Waals surface area contributed by atoms with Crippen LogP contribution in [0.1, 0.15) is 37.7 Å². The lowest BCUT2D eigenvalue weighted by molar-refractivity contribution is -0.116. The third kappa shape index (κ3) is 4.42. The first-order valence-electron chi connectivity index (χ1n) is 10.8. The summed E-state index contributed by atoms with van der Waals surface area (Å²) in [4.78, 5) is 37.2. The Bertz CT molecular complexity index is 1320. The quantitative estimate of drug-likeness (QED) is 0.464. The van der Waals surface area contributed by atoms with Crippen molar-refractivity contribution in [2.75, 3.05) is 6.54 Å². The van der Waals surface area contributed by atoms with Gasteiger partial charge in [-0.15, -0.1) is 11.3 Å². The zero-order valence-electron chi connectivity index (χ0n) is 18.2. The van der Waals surface area contributed by atoms with Gasteiger partial charge in [0.25, 0.3) is 5.91 Å². The molecule has 166 valence electrons. The molecule has 0 radical (unpaired) electrons. The Balaban J connectivity index is 1.29. The number of rotatable bonds is 5. The molecule has 0 spiro atoms. The lowest BCUT2D eigenvalue weighted by Crippen LogP contribution is -2.37. The molecule has 0 atom stereocenters. The number of aromatic nitrogens is 3. The van der Waals surface area contributed by atoms with Crippen LogP contribution in [0.5, 0.6) is 0 Å². The van der Waals surface area contributed by atoms with Gasteiger partial charge in [-0.2, -0.15) is 0 Å². The van der Waals surface area contributed by atoms with Gasteiger partial charge in [0.15, 0.2) is 0 Å². The van der Waals surface area contributed by atoms with Crippen molar-refractivity contribution >= 4 is 34.9 Å². The van der Waals surface area contributed by atoms with Gasteiger partial charge < -0.3 is 14.6 Å². The van der Waals surface area contributed by atoms with Gasteiger partial charge in [0.05, 0.1) is 0 Å². The number of imidazole rings is 1. The zero-order valence-corrected chi connectivity index (χ0v) is 19.0. The first-order chi connectivity index (χ1) is 16.1. The van der Waals surface area contributed by atoms with Gasteiger partial charge in [-0.1, -0.05) is 12.1 Å². The Morgan fingerprint density at radius 1 is 1.24 bits per heavy atom. The molecule has 0 saturated carbocycles. The van der Waals surface area contributed by atoms with Crippen LogP contribution in [0.3, 0.4) is 0 Å². The normalized spacial score (nSPS) is 13.4. The van der Waals surface area contributed by atoms with E-state index in [9.17, 15) is 9.59 Å². The fraction of sp³-hybridized carbons (Fsp3) is 0.200. The van der Waals surface area contributed by atoms with Crippen LogP contribution in [-0.4, -0.2) is 37.6 Å². The van der Waals surface area contributed by atoms with E-state index >= 15 is 0 Å². The molecule has 4 aromatic heterocycles. The predicted molar refractivity (Wildman–Crippen MR) is 128 cm³/mol. The molecule has 0 saturated heterocycles. The highest BCUT2D eigenvalue weighted by Gasteiger charge is 2.26. The molecule has 0 fully saturated rings. The number of hydrogen-bond donors (Lipinski definition) is 1. The van der Waals surface area contributed by atoms with Crippen LogP contribution in [0.15, 0.2) is 60.4 Å². The van der Waals surface area contributed by atoms with Crippen LogP contribution in [0.25, 0.3) is 11.7 Å². The summed E-state index contributed by atoms with van der Waals surface area (Å²) in [5, 5.41) is 4.95. The predicted octanol–water partition coefficient (Wildman–Crippen LogP) is 3.63. The average Bonchev–Trinajstić information content (AvgIpc) is 3.51. The van der Waals surface area contributed by atoms with E-state index in [2.05, 4.69) is 15.3 Å². The van der Waals surface area contributed by atoms with Gasteiger partial charge in [0, 0.05) is 54.9 Å². The fourth-order valence-electron chi connectivity index (χ4n) is 4.11. The molecule has 5 rings (SSSR count). The molecule has 7 nitrogen and oxygen atoms in total. The SMILES string of the molecule is Cc1ncc2c(c1CNC(=O)C=Cc1cccs1)CCN(C(=O)c1cn3ccccc3n1)C2. The smallest absolute Gasteiger partial charge is 0.274 e. The summed E-state index contributed by atoms with van der Waals surface area (Å²) in [5.74, 6) is -0.224. The molecule has 8 heteroatoms. The summed E-state index contributed by atoms with van der Waals surface area (Å²) in [6, 6.07) is 9.61. The molecule has 0 aromatic carbocycles. The number of pyridine rings is 2. The van der Waals surface area contributed by atoms with Crippen LogP contribution in [0.2, 0.25) is 0 Å². The second-order valence-electron chi connectivity index (χ2n) is 7.96. The molecule has 0 aliphatic carbocycles. The number of aryl methyl sites for hydroxylation is 1. The van der Waals surface area contributed by atoms with E-state index < -0.39 is 0 Å². The molecule has 1 aliphatic heterocycles. The van der Waals surface area contributed by atoms with Gasteiger partial charge in [0.1, 0.15) is 11.3 Å². The van der Waals surface area contributed by atoms with Crippen molar-refractivity contribution < 1.29 is 9.59 Å². The third-order valence-corrected chi connectivity index (χ3v) is 6.69. The highest BCUT2D eigenvalue weighted by Crippen LogP contribution is 2.25. The Morgan fingerprint density at radius 3 is 2.97 bits per heavy atom. The maximum Gasteiger partial charge on any atom is 0.274 e. The molecular formula is C25H23N5O2S. The molecular weight excluding hydrogens is 434 g/mol. The topological polar surface area (TPSA) is 79.6 Å². The van der Waals surface area contributed by atoms with Crippen LogP contribution in [0.4, 0.5) is 0 Å². The second kappa shape index (κ2) is 8.99. The van der Waals surface area contributed by atoms with Gasteiger partial charge in [-0.05, 0) is 59.7 Å². The third-order valence-electron chi connectivity index (χ3n) is 5.85. The minimum absolute atomic E-state index is 0.0847. The molecule has 1 aliphatic rings. The lowest BCUT2D eigenvalue weighted by Gasteiger charge is -2.30. The Morgan fingerprint density at radius 2 is 2.15 bits per heavy atom. The van der Waals surface area contributed by atoms with Gasteiger partial charge in [0.2, 0.25) is 5.91 Å². The molecule has 5 heterocycles. The monoisotopic (exact) mass is 457 g/mol. The number of amides is 2. The number of fused-ring (bicyclic) bond motifs is 2. The van der Waals surface area contributed by atoms with E-state index in [1.54, 1.807) is 23.6 Å². The lowest BCUT2D eigenvalue weighted by atomic mass is 9.94. The molecule has 33 heavy (non-hydrogen) atoms.